The molecule has 0 spiro atoms. The molecule has 28 heavy (non-hydrogen) atoms. The molecule has 0 bridgehead atoms. The molecule has 0 atom stereocenters. The average molecular weight is 373 g/mol. The molecule has 6 heteroatoms. The van der Waals surface area contributed by atoms with Crippen molar-refractivity contribution in [1.82, 2.24) is 4.98 Å². The van der Waals surface area contributed by atoms with Crippen LogP contribution < -0.4 is 15.0 Å². The Morgan fingerprint density at radius 1 is 1.07 bits per heavy atom. The van der Waals surface area contributed by atoms with Crippen LogP contribution in [0.4, 0.5) is 11.4 Å². The van der Waals surface area contributed by atoms with Crippen LogP contribution in [0.5, 0.6) is 11.6 Å². The number of anilines is 2. The maximum absolute atomic E-state index is 12.8. The molecule has 2 heterocycles. The number of ether oxygens (including phenoxy) is 1. The minimum Gasteiger partial charge on any atom is -0.438 e. The van der Waals surface area contributed by atoms with Gasteiger partial charge < -0.3 is 15.0 Å². The minimum absolute atomic E-state index is 0.0219. The van der Waals surface area contributed by atoms with Gasteiger partial charge in [-0.1, -0.05) is 18.2 Å². The van der Waals surface area contributed by atoms with Crippen LogP contribution >= 0.6 is 0 Å². The van der Waals surface area contributed by atoms with Gasteiger partial charge in [-0.15, -0.1) is 0 Å². The van der Waals surface area contributed by atoms with Crippen molar-refractivity contribution in [3.05, 3.63) is 78.0 Å². The molecule has 0 fully saturated rings. The number of carbonyl (C=O) groups is 2. The van der Waals surface area contributed by atoms with Gasteiger partial charge in [0.2, 0.25) is 11.8 Å². The number of para-hydroxylation sites is 1. The Kier molecular flexibility index (Phi) is 4.76. The van der Waals surface area contributed by atoms with Gasteiger partial charge >= 0.3 is 0 Å². The lowest BCUT2D eigenvalue weighted by Gasteiger charge is -2.15. The Labute approximate surface area is 162 Å². The second kappa shape index (κ2) is 7.52. The van der Waals surface area contributed by atoms with Crippen molar-refractivity contribution >= 4 is 23.2 Å². The summed E-state index contributed by atoms with van der Waals surface area (Å²) in [5, 5.41) is 2.90. The molecule has 1 N–H and O–H groups in total. The molecule has 0 saturated carbocycles. The van der Waals surface area contributed by atoms with E-state index in [0.717, 1.165) is 17.7 Å². The zero-order valence-corrected chi connectivity index (χ0v) is 15.4. The maximum atomic E-state index is 12.8. The maximum Gasteiger partial charge on any atom is 0.261 e. The van der Waals surface area contributed by atoms with E-state index in [-0.39, 0.29) is 17.7 Å². The molecule has 1 aromatic heterocycles. The second-order valence-electron chi connectivity index (χ2n) is 6.49. The lowest BCUT2D eigenvalue weighted by Crippen LogP contribution is -2.25. The van der Waals surface area contributed by atoms with E-state index in [1.807, 2.05) is 30.3 Å². The third-order valence-corrected chi connectivity index (χ3v) is 4.59. The number of carbonyl (C=O) groups excluding carboxylic acids is 2. The summed E-state index contributed by atoms with van der Waals surface area (Å²) in [5.41, 5.74) is 2.96. The highest BCUT2D eigenvalue weighted by Crippen LogP contribution is 2.31. The Bertz CT molecular complexity index is 1030. The quantitative estimate of drug-likeness (QED) is 0.749. The van der Waals surface area contributed by atoms with E-state index in [1.165, 1.54) is 0 Å². The summed E-state index contributed by atoms with van der Waals surface area (Å²) in [6, 6.07) is 18.1. The molecule has 0 unspecified atom stereocenters. The van der Waals surface area contributed by atoms with Crippen molar-refractivity contribution in [3.63, 3.8) is 0 Å². The van der Waals surface area contributed by atoms with Crippen molar-refractivity contribution in [1.29, 1.82) is 0 Å². The molecule has 6 nitrogen and oxygen atoms in total. The van der Waals surface area contributed by atoms with Gasteiger partial charge in [0, 0.05) is 31.0 Å². The Morgan fingerprint density at radius 2 is 1.89 bits per heavy atom. The predicted octanol–water partition coefficient (Wildman–Crippen LogP) is 4.04. The predicted molar refractivity (Wildman–Crippen MR) is 107 cm³/mol. The number of benzene rings is 2. The third-order valence-electron chi connectivity index (χ3n) is 4.59. The van der Waals surface area contributed by atoms with Gasteiger partial charge in [-0.3, -0.25) is 9.59 Å². The number of nitrogens with one attached hydrogen (secondary N) is 1. The molecule has 1 aliphatic heterocycles. The number of hydrogen-bond donors (Lipinski definition) is 1. The fraction of sp³-hybridized carbons (Fsp3) is 0.136. The highest BCUT2D eigenvalue weighted by Gasteiger charge is 2.23. The summed E-state index contributed by atoms with van der Waals surface area (Å²) >= 11 is 0. The van der Waals surface area contributed by atoms with Crippen LogP contribution in [0, 0.1) is 0 Å². The number of nitrogens with zero attached hydrogens (tertiary/aromatic N) is 2. The Hall–Kier alpha value is -3.67. The second-order valence-corrected chi connectivity index (χ2v) is 6.49. The summed E-state index contributed by atoms with van der Waals surface area (Å²) < 4.78 is 5.77. The van der Waals surface area contributed by atoms with Crippen LogP contribution in [0.3, 0.4) is 0 Å². The zero-order valence-electron chi connectivity index (χ0n) is 15.4. The molecule has 1 aliphatic rings. The van der Waals surface area contributed by atoms with E-state index in [1.54, 1.807) is 48.4 Å². The zero-order chi connectivity index (χ0) is 19.5. The van der Waals surface area contributed by atoms with Crippen molar-refractivity contribution in [3.8, 4) is 11.6 Å². The van der Waals surface area contributed by atoms with Gasteiger partial charge in [-0.05, 0) is 54.4 Å². The van der Waals surface area contributed by atoms with Gasteiger partial charge in [0.05, 0.1) is 0 Å². The summed E-state index contributed by atoms with van der Waals surface area (Å²) in [6.07, 6.45) is 2.36. The summed E-state index contributed by atoms with van der Waals surface area (Å²) in [6.45, 7) is 2.22. The van der Waals surface area contributed by atoms with Crippen LogP contribution in [-0.4, -0.2) is 23.3 Å². The lowest BCUT2D eigenvalue weighted by molar-refractivity contribution is -0.116. The molecular formula is C22H19N3O3. The van der Waals surface area contributed by atoms with Gasteiger partial charge in [-0.2, -0.15) is 0 Å². The van der Waals surface area contributed by atoms with Gasteiger partial charge in [0.15, 0.2) is 0 Å². The van der Waals surface area contributed by atoms with Crippen molar-refractivity contribution in [2.24, 2.45) is 0 Å². The van der Waals surface area contributed by atoms with Crippen LogP contribution in [-0.2, 0) is 11.2 Å². The standard InChI is InChI=1S/C22H19N3O3/c1-15(26)25-13-11-16-14-17(9-10-20(16)25)24-21(27)19-8-5-12-23-22(19)28-18-6-3-2-4-7-18/h2-10,12,14H,11,13H2,1H3,(H,24,27). The first-order valence-electron chi connectivity index (χ1n) is 9.02. The SMILES string of the molecule is CC(=O)N1CCc2cc(NC(=O)c3cccnc3Oc3ccccc3)ccc21. The van der Waals surface area contributed by atoms with E-state index in [4.69, 9.17) is 4.74 Å². The molecule has 4 rings (SSSR count). The average Bonchev–Trinajstić information content (AvgIpc) is 3.13. The monoisotopic (exact) mass is 373 g/mol. The molecule has 140 valence electrons. The fourth-order valence-electron chi connectivity index (χ4n) is 3.25. The number of hydrogen-bond acceptors (Lipinski definition) is 4. The third kappa shape index (κ3) is 3.57. The van der Waals surface area contributed by atoms with Crippen LogP contribution in [0.2, 0.25) is 0 Å². The van der Waals surface area contributed by atoms with Crippen LogP contribution in [0.15, 0.2) is 66.9 Å². The lowest BCUT2D eigenvalue weighted by atomic mass is 10.1. The smallest absolute Gasteiger partial charge is 0.261 e. The van der Waals surface area contributed by atoms with Gasteiger partial charge in [0.25, 0.3) is 5.91 Å². The fourth-order valence-corrected chi connectivity index (χ4v) is 3.25. The van der Waals surface area contributed by atoms with E-state index < -0.39 is 0 Å². The number of amides is 2. The summed E-state index contributed by atoms with van der Waals surface area (Å²) in [7, 11) is 0. The van der Waals surface area contributed by atoms with Crippen molar-refractivity contribution < 1.29 is 14.3 Å². The highest BCUT2D eigenvalue weighted by atomic mass is 16.5. The molecule has 0 aliphatic carbocycles. The number of fused-ring (bicyclic) bond motifs is 1. The van der Waals surface area contributed by atoms with Gasteiger partial charge in [-0.25, -0.2) is 4.98 Å². The van der Waals surface area contributed by atoms with Gasteiger partial charge in [0.1, 0.15) is 11.3 Å². The topological polar surface area (TPSA) is 71.5 Å². The highest BCUT2D eigenvalue weighted by molar-refractivity contribution is 6.06. The van der Waals surface area contributed by atoms with Crippen LogP contribution in [0.25, 0.3) is 0 Å². The Balaban J connectivity index is 1.54. The molecule has 0 radical (unpaired) electrons. The molecule has 0 saturated heterocycles. The summed E-state index contributed by atoms with van der Waals surface area (Å²) in [4.78, 5) is 30.4. The number of rotatable bonds is 4. The van der Waals surface area contributed by atoms with Crippen molar-refractivity contribution in [2.75, 3.05) is 16.8 Å². The Morgan fingerprint density at radius 3 is 2.68 bits per heavy atom. The first-order chi connectivity index (χ1) is 13.6. The summed E-state index contributed by atoms with van der Waals surface area (Å²) in [5.74, 6) is 0.571. The number of pyridine rings is 1. The van der Waals surface area contributed by atoms with Crippen LogP contribution in [0.1, 0.15) is 22.8 Å². The first kappa shape index (κ1) is 17.7. The minimum atomic E-state index is -0.305. The largest absolute Gasteiger partial charge is 0.438 e. The first-order valence-corrected chi connectivity index (χ1v) is 9.02. The van der Waals surface area contributed by atoms with E-state index in [9.17, 15) is 9.59 Å². The van der Waals surface area contributed by atoms with Crippen molar-refractivity contribution in [2.45, 2.75) is 13.3 Å². The van der Waals surface area contributed by atoms with E-state index >= 15 is 0 Å². The van der Waals surface area contributed by atoms with E-state index in [2.05, 4.69) is 10.3 Å². The molecule has 2 aromatic carbocycles. The molecular weight excluding hydrogens is 354 g/mol. The van der Waals surface area contributed by atoms with E-state index in [0.29, 0.717) is 23.5 Å². The molecule has 2 amide bonds. The molecule has 3 aromatic rings. The normalized spacial score (nSPS) is 12.4. The number of aromatic nitrogens is 1.